The second kappa shape index (κ2) is 4.14. The first-order chi connectivity index (χ1) is 7.56. The highest BCUT2D eigenvalue weighted by Gasteiger charge is 2.12. The van der Waals surface area contributed by atoms with E-state index in [9.17, 15) is 0 Å². The van der Waals surface area contributed by atoms with Gasteiger partial charge < -0.3 is 10.3 Å². The first kappa shape index (κ1) is 11.0. The van der Waals surface area contributed by atoms with E-state index in [-0.39, 0.29) is 5.92 Å². The fraction of sp³-hybridized carbons (Fsp3) is 0.273. The molecule has 0 spiro atoms. The fourth-order valence-electron chi connectivity index (χ4n) is 1.32. The minimum absolute atomic E-state index is 0.231. The normalized spacial score (nSPS) is 11.0. The van der Waals surface area contributed by atoms with E-state index in [0.717, 1.165) is 5.56 Å². The van der Waals surface area contributed by atoms with Gasteiger partial charge in [0.05, 0.1) is 0 Å². The van der Waals surface area contributed by atoms with Crippen LogP contribution in [0.3, 0.4) is 0 Å². The van der Waals surface area contributed by atoms with Gasteiger partial charge in [-0.1, -0.05) is 30.6 Å². The second-order valence-corrected chi connectivity index (χ2v) is 4.32. The van der Waals surface area contributed by atoms with Crippen molar-refractivity contribution < 1.29 is 4.52 Å². The zero-order chi connectivity index (χ0) is 11.7. The molecule has 0 aliphatic heterocycles. The third kappa shape index (κ3) is 2.17. The SMILES string of the molecule is CC(C)c1noc(-c2cc(N)cc(Cl)c2)n1. The summed E-state index contributed by atoms with van der Waals surface area (Å²) >= 11 is 5.90. The predicted molar refractivity (Wildman–Crippen MR) is 63.2 cm³/mol. The average Bonchev–Trinajstić information content (AvgIpc) is 2.64. The molecule has 1 aromatic heterocycles. The Bertz CT molecular complexity index is 487. The quantitative estimate of drug-likeness (QED) is 0.816. The standard InChI is InChI=1S/C11H12ClN3O/c1-6(2)10-14-11(16-15-10)7-3-8(12)5-9(13)4-7/h3-6H,13H2,1-2H3. The zero-order valence-corrected chi connectivity index (χ0v) is 9.82. The van der Waals surface area contributed by atoms with Gasteiger partial charge in [0.15, 0.2) is 5.82 Å². The molecule has 0 fully saturated rings. The van der Waals surface area contributed by atoms with Crippen LogP contribution in [-0.4, -0.2) is 10.1 Å². The van der Waals surface area contributed by atoms with Gasteiger partial charge in [0, 0.05) is 22.2 Å². The Morgan fingerprint density at radius 2 is 2.06 bits per heavy atom. The van der Waals surface area contributed by atoms with Crippen LogP contribution >= 0.6 is 11.6 Å². The summed E-state index contributed by atoms with van der Waals surface area (Å²) in [6.07, 6.45) is 0. The van der Waals surface area contributed by atoms with E-state index in [1.54, 1.807) is 18.2 Å². The van der Waals surface area contributed by atoms with Crippen molar-refractivity contribution in [2.24, 2.45) is 0 Å². The van der Waals surface area contributed by atoms with E-state index < -0.39 is 0 Å². The summed E-state index contributed by atoms with van der Waals surface area (Å²) in [6.45, 7) is 4.00. The lowest BCUT2D eigenvalue weighted by atomic mass is 10.2. The summed E-state index contributed by atoms with van der Waals surface area (Å²) in [6, 6.07) is 5.17. The molecule has 0 amide bonds. The van der Waals surface area contributed by atoms with Crippen LogP contribution in [0.1, 0.15) is 25.6 Å². The molecule has 1 heterocycles. The Labute approximate surface area is 98.4 Å². The van der Waals surface area contributed by atoms with E-state index >= 15 is 0 Å². The van der Waals surface area contributed by atoms with Gasteiger partial charge in [-0.25, -0.2) is 0 Å². The molecule has 0 aliphatic carbocycles. The first-order valence-corrected chi connectivity index (χ1v) is 5.34. The number of halogens is 1. The van der Waals surface area contributed by atoms with Gasteiger partial charge in [0.2, 0.25) is 0 Å². The first-order valence-electron chi connectivity index (χ1n) is 4.96. The van der Waals surface area contributed by atoms with Crippen LogP contribution in [0.15, 0.2) is 22.7 Å². The van der Waals surface area contributed by atoms with Crippen molar-refractivity contribution in [3.8, 4) is 11.5 Å². The lowest BCUT2D eigenvalue weighted by Crippen LogP contribution is -1.90. The molecule has 84 valence electrons. The highest BCUT2D eigenvalue weighted by molar-refractivity contribution is 6.31. The van der Waals surface area contributed by atoms with Crippen LogP contribution in [-0.2, 0) is 0 Å². The van der Waals surface area contributed by atoms with Gasteiger partial charge in [0.1, 0.15) is 0 Å². The predicted octanol–water partition coefficient (Wildman–Crippen LogP) is 3.10. The third-order valence-corrected chi connectivity index (χ3v) is 2.34. The van der Waals surface area contributed by atoms with Crippen LogP contribution in [0.25, 0.3) is 11.5 Å². The Morgan fingerprint density at radius 1 is 1.31 bits per heavy atom. The van der Waals surface area contributed by atoms with Gasteiger partial charge in [0.25, 0.3) is 5.89 Å². The van der Waals surface area contributed by atoms with E-state index in [0.29, 0.717) is 22.4 Å². The van der Waals surface area contributed by atoms with Crippen LogP contribution in [0.4, 0.5) is 5.69 Å². The van der Waals surface area contributed by atoms with Gasteiger partial charge >= 0.3 is 0 Å². The monoisotopic (exact) mass is 237 g/mol. The van der Waals surface area contributed by atoms with Crippen molar-refractivity contribution in [2.45, 2.75) is 19.8 Å². The molecule has 16 heavy (non-hydrogen) atoms. The van der Waals surface area contributed by atoms with Crippen molar-refractivity contribution >= 4 is 17.3 Å². The van der Waals surface area contributed by atoms with Crippen LogP contribution < -0.4 is 5.73 Å². The summed E-state index contributed by atoms with van der Waals surface area (Å²) in [5.41, 5.74) is 7.00. The van der Waals surface area contributed by atoms with Crippen molar-refractivity contribution in [2.75, 3.05) is 5.73 Å². The number of anilines is 1. The van der Waals surface area contributed by atoms with Crippen LogP contribution in [0.2, 0.25) is 5.02 Å². The molecule has 0 unspecified atom stereocenters. The molecule has 2 aromatic rings. The summed E-state index contributed by atoms with van der Waals surface area (Å²) in [5, 5.41) is 4.44. The Morgan fingerprint density at radius 3 is 2.62 bits per heavy atom. The second-order valence-electron chi connectivity index (χ2n) is 3.89. The highest BCUT2D eigenvalue weighted by atomic mass is 35.5. The molecule has 0 atom stereocenters. The molecule has 2 N–H and O–H groups in total. The molecule has 0 bridgehead atoms. The minimum atomic E-state index is 0.231. The smallest absolute Gasteiger partial charge is 0.258 e. The Balaban J connectivity index is 2.42. The van der Waals surface area contributed by atoms with E-state index in [1.165, 1.54) is 0 Å². The van der Waals surface area contributed by atoms with E-state index in [4.69, 9.17) is 21.9 Å². The van der Waals surface area contributed by atoms with Crippen LogP contribution in [0, 0.1) is 0 Å². The van der Waals surface area contributed by atoms with Crippen LogP contribution in [0.5, 0.6) is 0 Å². The number of nitrogens with two attached hydrogens (primary N) is 1. The summed E-state index contributed by atoms with van der Waals surface area (Å²) in [5.74, 6) is 1.35. The molecular formula is C11H12ClN3O. The molecule has 2 rings (SSSR count). The van der Waals surface area contributed by atoms with Gasteiger partial charge in [-0.2, -0.15) is 4.98 Å². The highest BCUT2D eigenvalue weighted by Crippen LogP contribution is 2.25. The lowest BCUT2D eigenvalue weighted by molar-refractivity contribution is 0.419. The maximum absolute atomic E-state index is 5.90. The van der Waals surface area contributed by atoms with Crippen molar-refractivity contribution in [3.05, 3.63) is 29.0 Å². The molecule has 0 radical (unpaired) electrons. The minimum Gasteiger partial charge on any atom is -0.399 e. The largest absolute Gasteiger partial charge is 0.399 e. The summed E-state index contributed by atoms with van der Waals surface area (Å²) in [7, 11) is 0. The number of benzene rings is 1. The topological polar surface area (TPSA) is 64.9 Å². The molecule has 0 aliphatic rings. The van der Waals surface area contributed by atoms with Crippen molar-refractivity contribution in [1.29, 1.82) is 0 Å². The van der Waals surface area contributed by atoms with Crippen molar-refractivity contribution in [3.63, 3.8) is 0 Å². The Kier molecular flexibility index (Phi) is 2.83. The number of nitrogen functional groups attached to an aromatic ring is 1. The van der Waals surface area contributed by atoms with E-state index in [2.05, 4.69) is 10.1 Å². The number of hydrogen-bond acceptors (Lipinski definition) is 4. The van der Waals surface area contributed by atoms with Crippen molar-refractivity contribution in [1.82, 2.24) is 10.1 Å². The zero-order valence-electron chi connectivity index (χ0n) is 9.07. The molecule has 0 saturated carbocycles. The maximum atomic E-state index is 5.90. The third-order valence-electron chi connectivity index (χ3n) is 2.13. The summed E-state index contributed by atoms with van der Waals surface area (Å²) in [4.78, 5) is 4.27. The van der Waals surface area contributed by atoms with Gasteiger partial charge in [-0.05, 0) is 18.2 Å². The number of nitrogens with zero attached hydrogens (tertiary/aromatic N) is 2. The number of hydrogen-bond donors (Lipinski definition) is 1. The molecule has 0 saturated heterocycles. The average molecular weight is 238 g/mol. The summed E-state index contributed by atoms with van der Waals surface area (Å²) < 4.78 is 5.15. The number of aromatic nitrogens is 2. The number of rotatable bonds is 2. The molecule has 4 nitrogen and oxygen atoms in total. The van der Waals surface area contributed by atoms with E-state index in [1.807, 2.05) is 13.8 Å². The molecular weight excluding hydrogens is 226 g/mol. The Hall–Kier alpha value is -1.55. The van der Waals surface area contributed by atoms with Gasteiger partial charge in [-0.3, -0.25) is 0 Å². The molecule has 5 heteroatoms. The fourth-order valence-corrected chi connectivity index (χ4v) is 1.57. The lowest BCUT2D eigenvalue weighted by Gasteiger charge is -1.98. The maximum Gasteiger partial charge on any atom is 0.258 e. The molecule has 1 aromatic carbocycles. The van der Waals surface area contributed by atoms with Gasteiger partial charge in [-0.15, -0.1) is 0 Å².